The Morgan fingerprint density at radius 1 is 1.47 bits per heavy atom. The fourth-order valence-corrected chi connectivity index (χ4v) is 3.73. The van der Waals surface area contributed by atoms with Crippen LogP contribution in [0.3, 0.4) is 0 Å². The van der Waals surface area contributed by atoms with E-state index in [4.69, 9.17) is 4.74 Å². The van der Waals surface area contributed by atoms with Gasteiger partial charge in [-0.3, -0.25) is 9.59 Å². The molecule has 2 aliphatic rings. The van der Waals surface area contributed by atoms with Crippen molar-refractivity contribution in [3.05, 3.63) is 11.6 Å². The predicted octanol–water partition coefficient (Wildman–Crippen LogP) is 3.14. The summed E-state index contributed by atoms with van der Waals surface area (Å²) in [6, 6.07) is 0. The van der Waals surface area contributed by atoms with Gasteiger partial charge in [-0.2, -0.15) is 0 Å². The van der Waals surface area contributed by atoms with Gasteiger partial charge in [0.05, 0.1) is 12.5 Å². The van der Waals surface area contributed by atoms with E-state index in [-0.39, 0.29) is 28.5 Å². The largest absolute Gasteiger partial charge is 0.466 e. The van der Waals surface area contributed by atoms with Crippen LogP contribution in [0.1, 0.15) is 47.5 Å². The third kappa shape index (κ3) is 1.86. The minimum atomic E-state index is -0.336. The molecule has 3 atom stereocenters. The van der Waals surface area contributed by atoms with Gasteiger partial charge < -0.3 is 4.74 Å². The minimum Gasteiger partial charge on any atom is -0.466 e. The summed E-state index contributed by atoms with van der Waals surface area (Å²) in [6.07, 6.45) is 3.86. The zero-order chi connectivity index (χ0) is 14.4. The number of carbonyl (C=O) groups is 2. The Hall–Kier alpha value is -1.12. The van der Waals surface area contributed by atoms with Crippen LogP contribution in [-0.2, 0) is 14.3 Å². The van der Waals surface area contributed by atoms with E-state index >= 15 is 0 Å². The van der Waals surface area contributed by atoms with E-state index in [1.807, 2.05) is 6.08 Å². The molecule has 0 aromatic rings. The molecule has 3 nitrogen and oxygen atoms in total. The highest BCUT2D eigenvalue weighted by Crippen LogP contribution is 2.65. The van der Waals surface area contributed by atoms with Crippen LogP contribution in [0, 0.1) is 22.7 Å². The summed E-state index contributed by atoms with van der Waals surface area (Å²) in [5, 5.41) is 0. The number of rotatable bonds is 3. The molecular formula is C16H24O3. The number of fused-ring (bicyclic) bond motifs is 2. The maximum atomic E-state index is 12.6. The highest BCUT2D eigenvalue weighted by molar-refractivity contribution is 6.05. The molecule has 106 valence electrons. The summed E-state index contributed by atoms with van der Waals surface area (Å²) in [4.78, 5) is 24.3. The first-order valence-corrected chi connectivity index (χ1v) is 7.19. The van der Waals surface area contributed by atoms with Crippen LogP contribution in [0.4, 0.5) is 0 Å². The Bertz CT molecular complexity index is 447. The zero-order valence-electron chi connectivity index (χ0n) is 12.6. The molecule has 0 heterocycles. The van der Waals surface area contributed by atoms with Crippen LogP contribution < -0.4 is 0 Å². The Morgan fingerprint density at radius 3 is 2.58 bits per heavy atom. The molecule has 0 spiro atoms. The Balaban J connectivity index is 2.28. The third-order valence-electron chi connectivity index (χ3n) is 5.45. The van der Waals surface area contributed by atoms with Crippen LogP contribution in [-0.4, -0.2) is 18.4 Å². The van der Waals surface area contributed by atoms with Gasteiger partial charge >= 0.3 is 5.97 Å². The van der Waals surface area contributed by atoms with Gasteiger partial charge in [-0.25, -0.2) is 0 Å². The molecule has 2 bridgehead atoms. The van der Waals surface area contributed by atoms with Gasteiger partial charge in [-0.15, -0.1) is 0 Å². The molecule has 2 fully saturated rings. The van der Waals surface area contributed by atoms with Crippen molar-refractivity contribution in [1.82, 2.24) is 0 Å². The number of allylic oxidation sites excluding steroid dienone is 1. The molecule has 0 aliphatic heterocycles. The maximum absolute atomic E-state index is 12.6. The molecular weight excluding hydrogens is 240 g/mol. The van der Waals surface area contributed by atoms with Crippen LogP contribution in [0.2, 0.25) is 0 Å². The Labute approximate surface area is 115 Å². The molecule has 19 heavy (non-hydrogen) atoms. The van der Waals surface area contributed by atoms with E-state index in [1.54, 1.807) is 13.8 Å². The molecule has 0 saturated heterocycles. The highest BCUT2D eigenvalue weighted by atomic mass is 16.5. The van der Waals surface area contributed by atoms with Crippen molar-refractivity contribution in [3.8, 4) is 0 Å². The summed E-state index contributed by atoms with van der Waals surface area (Å²) in [6.45, 7) is 10.4. The van der Waals surface area contributed by atoms with Gasteiger partial charge in [-0.1, -0.05) is 26.8 Å². The van der Waals surface area contributed by atoms with Gasteiger partial charge in [0.25, 0.3) is 0 Å². The number of esters is 1. The lowest BCUT2D eigenvalue weighted by Gasteiger charge is -2.31. The normalized spacial score (nSPS) is 35.7. The monoisotopic (exact) mass is 264 g/mol. The van der Waals surface area contributed by atoms with Gasteiger partial charge in [0.2, 0.25) is 0 Å². The second kappa shape index (κ2) is 4.46. The van der Waals surface area contributed by atoms with Gasteiger partial charge in [0, 0.05) is 5.41 Å². The molecule has 3 unspecified atom stereocenters. The second-order valence-corrected chi connectivity index (χ2v) is 6.64. The molecule has 0 N–H and O–H groups in total. The summed E-state index contributed by atoms with van der Waals surface area (Å²) in [5.41, 5.74) is 0.613. The molecule has 0 aromatic heterocycles. The van der Waals surface area contributed by atoms with E-state index in [1.165, 1.54) is 0 Å². The Morgan fingerprint density at radius 2 is 2.11 bits per heavy atom. The SMILES string of the molecule is CCOC(=O)C(C)/C=C1/C(=O)C2(C)CCC1C2(C)C. The lowest BCUT2D eigenvalue weighted by atomic mass is 9.70. The van der Waals surface area contributed by atoms with Gasteiger partial charge in [-0.05, 0) is 43.6 Å². The van der Waals surface area contributed by atoms with Crippen molar-refractivity contribution in [2.45, 2.75) is 47.5 Å². The van der Waals surface area contributed by atoms with E-state index in [2.05, 4.69) is 20.8 Å². The number of Topliss-reactive ketones (excluding diaryl/α,β-unsaturated/α-hetero) is 1. The number of carbonyl (C=O) groups excluding carboxylic acids is 2. The average Bonchev–Trinajstić information content (AvgIpc) is 2.64. The smallest absolute Gasteiger partial charge is 0.312 e. The maximum Gasteiger partial charge on any atom is 0.312 e. The topological polar surface area (TPSA) is 43.4 Å². The predicted molar refractivity (Wildman–Crippen MR) is 73.5 cm³/mol. The first-order valence-electron chi connectivity index (χ1n) is 7.19. The first kappa shape index (κ1) is 14.3. The molecule has 3 heteroatoms. The molecule has 0 aromatic carbocycles. The van der Waals surface area contributed by atoms with Crippen LogP contribution in [0.5, 0.6) is 0 Å². The number of hydrogen-bond acceptors (Lipinski definition) is 3. The molecule has 2 rings (SSSR count). The zero-order valence-corrected chi connectivity index (χ0v) is 12.6. The van der Waals surface area contributed by atoms with Crippen molar-refractivity contribution in [3.63, 3.8) is 0 Å². The van der Waals surface area contributed by atoms with Crippen molar-refractivity contribution in [1.29, 1.82) is 0 Å². The lowest BCUT2D eigenvalue weighted by molar-refractivity contribution is -0.145. The van der Waals surface area contributed by atoms with Gasteiger partial charge in [0.15, 0.2) is 5.78 Å². The standard InChI is InChI=1S/C16H24O3/c1-6-19-14(18)10(2)9-11-12-7-8-16(5,13(11)17)15(12,3)4/h9-10,12H,6-8H2,1-5H3/b11-9+. The lowest BCUT2D eigenvalue weighted by Crippen LogP contribution is -2.32. The fraction of sp³-hybridized carbons (Fsp3) is 0.750. The fourth-order valence-electron chi connectivity index (χ4n) is 3.73. The summed E-state index contributed by atoms with van der Waals surface area (Å²) in [5.74, 6) is -0.0436. The van der Waals surface area contributed by atoms with Crippen molar-refractivity contribution in [2.75, 3.05) is 6.61 Å². The van der Waals surface area contributed by atoms with Gasteiger partial charge in [0.1, 0.15) is 0 Å². The molecule has 2 aliphatic carbocycles. The van der Waals surface area contributed by atoms with E-state index in [0.717, 1.165) is 18.4 Å². The second-order valence-electron chi connectivity index (χ2n) is 6.64. The van der Waals surface area contributed by atoms with E-state index in [9.17, 15) is 9.59 Å². The first-order chi connectivity index (χ1) is 8.75. The number of hydrogen-bond donors (Lipinski definition) is 0. The molecule has 0 radical (unpaired) electrons. The Kier molecular flexibility index (Phi) is 3.36. The van der Waals surface area contributed by atoms with Crippen LogP contribution in [0.15, 0.2) is 11.6 Å². The quantitative estimate of drug-likeness (QED) is 0.581. The van der Waals surface area contributed by atoms with Crippen LogP contribution in [0.25, 0.3) is 0 Å². The van der Waals surface area contributed by atoms with Crippen LogP contribution >= 0.6 is 0 Å². The summed E-state index contributed by atoms with van der Waals surface area (Å²) >= 11 is 0. The molecule has 0 amide bonds. The van der Waals surface area contributed by atoms with Crippen molar-refractivity contribution >= 4 is 11.8 Å². The molecule has 2 saturated carbocycles. The summed E-state index contributed by atoms with van der Waals surface area (Å²) < 4.78 is 5.01. The summed E-state index contributed by atoms with van der Waals surface area (Å²) in [7, 11) is 0. The third-order valence-corrected chi connectivity index (χ3v) is 5.45. The number of ketones is 1. The van der Waals surface area contributed by atoms with E-state index < -0.39 is 0 Å². The van der Waals surface area contributed by atoms with Crippen molar-refractivity contribution < 1.29 is 14.3 Å². The number of ether oxygens (including phenoxy) is 1. The minimum absolute atomic E-state index is 0.00426. The average molecular weight is 264 g/mol. The van der Waals surface area contributed by atoms with E-state index in [0.29, 0.717) is 12.5 Å². The highest BCUT2D eigenvalue weighted by Gasteiger charge is 2.63. The van der Waals surface area contributed by atoms with Crippen molar-refractivity contribution in [2.24, 2.45) is 22.7 Å².